The highest BCUT2D eigenvalue weighted by molar-refractivity contribution is 6.16. The van der Waals surface area contributed by atoms with E-state index in [1.807, 2.05) is 20.0 Å². The van der Waals surface area contributed by atoms with Gasteiger partial charge in [0.1, 0.15) is 0 Å². The van der Waals surface area contributed by atoms with E-state index in [1.165, 1.54) is 55.2 Å². The van der Waals surface area contributed by atoms with Gasteiger partial charge in [-0.05, 0) is 77.8 Å². The van der Waals surface area contributed by atoms with Gasteiger partial charge < -0.3 is 0 Å². The van der Waals surface area contributed by atoms with Crippen LogP contribution >= 0.6 is 0 Å². The molecular weight excluding hydrogens is 484 g/mol. The molecular formula is C38H34N2. The second kappa shape index (κ2) is 10.4. The van der Waals surface area contributed by atoms with Crippen molar-refractivity contribution in [3.63, 3.8) is 0 Å². The van der Waals surface area contributed by atoms with Crippen LogP contribution in [0.1, 0.15) is 66.6 Å². The first-order valence-corrected chi connectivity index (χ1v) is 14.8. The van der Waals surface area contributed by atoms with E-state index >= 15 is 0 Å². The standard InChI is InChI=1S/C36H28N2.C2H6/c1-8-16-33-25(9-1)21-26(22-37-33)23-17-19-24(20-18-23)35-32-15-7-5-13-30(32)34-29-12-4-2-10-27(29)28-11-3-6-14-31(28)36(34)38-35;1-2/h1,4-7,9,12-15,17-22H,2-3,8,10-11,16H2;1-2H3. The van der Waals surface area contributed by atoms with Crippen molar-refractivity contribution in [2.45, 2.75) is 52.4 Å². The third-order valence-corrected chi connectivity index (χ3v) is 8.48. The van der Waals surface area contributed by atoms with Gasteiger partial charge in [-0.15, -0.1) is 0 Å². The number of fused-ring (bicyclic) bond motifs is 9. The van der Waals surface area contributed by atoms with Gasteiger partial charge in [0.15, 0.2) is 0 Å². The average Bonchev–Trinajstić information content (AvgIpc) is 3.05. The highest BCUT2D eigenvalue weighted by Crippen LogP contribution is 2.42. The Bertz CT molecular complexity index is 1850. The predicted octanol–water partition coefficient (Wildman–Crippen LogP) is 10.0. The van der Waals surface area contributed by atoms with Crippen LogP contribution < -0.4 is 0 Å². The van der Waals surface area contributed by atoms with Crippen LogP contribution in [-0.4, -0.2) is 9.97 Å². The minimum Gasteiger partial charge on any atom is -0.260 e. The Balaban J connectivity index is 0.00000130. The molecule has 2 heteroatoms. The van der Waals surface area contributed by atoms with Gasteiger partial charge in [-0.2, -0.15) is 0 Å². The van der Waals surface area contributed by atoms with Crippen LogP contribution in [0, 0.1) is 0 Å². The highest BCUT2D eigenvalue weighted by Gasteiger charge is 2.23. The summed E-state index contributed by atoms with van der Waals surface area (Å²) in [4.78, 5) is 10.2. The maximum absolute atomic E-state index is 5.45. The molecule has 196 valence electrons. The summed E-state index contributed by atoms with van der Waals surface area (Å²) in [6, 6.07) is 20.0. The first-order valence-electron chi connectivity index (χ1n) is 14.8. The van der Waals surface area contributed by atoms with Crippen LogP contribution in [0.15, 0.2) is 79.0 Å². The Kier molecular flexibility index (Phi) is 6.40. The molecule has 0 aliphatic heterocycles. The Morgan fingerprint density at radius 2 is 1.27 bits per heavy atom. The number of hydrogen-bond acceptors (Lipinski definition) is 2. The van der Waals surface area contributed by atoms with Crippen LogP contribution in [0.5, 0.6) is 0 Å². The molecule has 0 saturated carbocycles. The molecule has 0 radical (unpaired) electrons. The Morgan fingerprint density at radius 1 is 0.625 bits per heavy atom. The number of aryl methyl sites for hydroxylation is 1. The molecule has 0 bridgehead atoms. The molecule has 0 fully saturated rings. The Labute approximate surface area is 236 Å². The number of benzene rings is 3. The summed E-state index contributed by atoms with van der Waals surface area (Å²) in [5.74, 6) is 0. The van der Waals surface area contributed by atoms with E-state index in [0.29, 0.717) is 0 Å². The van der Waals surface area contributed by atoms with E-state index in [-0.39, 0.29) is 0 Å². The Hall–Kier alpha value is -4.30. The van der Waals surface area contributed by atoms with Gasteiger partial charge in [-0.3, -0.25) is 4.98 Å². The number of rotatable bonds is 2. The topological polar surface area (TPSA) is 25.8 Å². The molecule has 3 aliphatic carbocycles. The molecule has 8 rings (SSSR count). The molecule has 2 heterocycles. The lowest BCUT2D eigenvalue weighted by Crippen LogP contribution is -2.08. The minimum absolute atomic E-state index is 1.03. The van der Waals surface area contributed by atoms with Crippen molar-refractivity contribution in [2.24, 2.45) is 0 Å². The first-order chi connectivity index (χ1) is 19.8. The number of allylic oxidation sites excluding steroid dienone is 3. The molecule has 3 aliphatic rings. The summed E-state index contributed by atoms with van der Waals surface area (Å²) in [6.07, 6.45) is 22.4. The zero-order chi connectivity index (χ0) is 27.1. The third-order valence-electron chi connectivity index (χ3n) is 8.48. The van der Waals surface area contributed by atoms with Gasteiger partial charge >= 0.3 is 0 Å². The first kappa shape index (κ1) is 24.7. The summed E-state index contributed by atoms with van der Waals surface area (Å²) in [7, 11) is 0. The van der Waals surface area contributed by atoms with Gasteiger partial charge in [0.2, 0.25) is 0 Å². The predicted molar refractivity (Wildman–Crippen MR) is 171 cm³/mol. The van der Waals surface area contributed by atoms with Crippen molar-refractivity contribution >= 4 is 39.9 Å². The van der Waals surface area contributed by atoms with Crippen molar-refractivity contribution in [3.05, 3.63) is 113 Å². The summed E-state index contributed by atoms with van der Waals surface area (Å²) in [6.45, 7) is 4.00. The molecule has 0 spiro atoms. The van der Waals surface area contributed by atoms with Crippen molar-refractivity contribution in [1.82, 2.24) is 9.97 Å². The largest absolute Gasteiger partial charge is 0.260 e. The summed E-state index contributed by atoms with van der Waals surface area (Å²) in [5.41, 5.74) is 13.9. The van der Waals surface area contributed by atoms with Crippen LogP contribution in [0.4, 0.5) is 0 Å². The number of pyridine rings is 2. The lowest BCUT2D eigenvalue weighted by atomic mass is 9.81. The number of nitrogens with zero attached hydrogens (tertiary/aromatic N) is 2. The Morgan fingerprint density at radius 3 is 2.08 bits per heavy atom. The van der Waals surface area contributed by atoms with E-state index in [0.717, 1.165) is 60.9 Å². The SMILES string of the molecule is C1=Cc2cc(-c3ccc(-c4nc5c6c(c7c(c5c5ccccc45)C=CCC7)CCC=C6)cc3)cnc2CC1.CC. The van der Waals surface area contributed by atoms with Gasteiger partial charge in [-0.1, -0.05) is 98.8 Å². The van der Waals surface area contributed by atoms with Crippen molar-refractivity contribution in [1.29, 1.82) is 0 Å². The molecule has 0 atom stereocenters. The molecule has 0 saturated heterocycles. The molecule has 3 aromatic carbocycles. The minimum atomic E-state index is 1.03. The van der Waals surface area contributed by atoms with Crippen molar-refractivity contribution in [3.8, 4) is 22.4 Å². The lowest BCUT2D eigenvalue weighted by molar-refractivity contribution is 0.910. The molecule has 40 heavy (non-hydrogen) atoms. The smallest absolute Gasteiger partial charge is 0.0797 e. The monoisotopic (exact) mass is 518 g/mol. The van der Waals surface area contributed by atoms with E-state index < -0.39 is 0 Å². The molecule has 0 unspecified atom stereocenters. The zero-order valence-electron chi connectivity index (χ0n) is 23.4. The number of hydrogen-bond donors (Lipinski definition) is 0. The molecule has 0 N–H and O–H groups in total. The average molecular weight is 519 g/mol. The summed E-state index contributed by atoms with van der Waals surface area (Å²) in [5, 5.41) is 3.83. The van der Waals surface area contributed by atoms with E-state index in [9.17, 15) is 0 Å². The fourth-order valence-electron chi connectivity index (χ4n) is 6.63. The second-order valence-corrected chi connectivity index (χ2v) is 10.7. The maximum atomic E-state index is 5.45. The normalized spacial score (nSPS) is 14.8. The fourth-order valence-corrected chi connectivity index (χ4v) is 6.63. The molecule has 2 aromatic heterocycles. The highest BCUT2D eigenvalue weighted by atomic mass is 14.7. The quantitative estimate of drug-likeness (QED) is 0.217. The van der Waals surface area contributed by atoms with Gasteiger partial charge in [0, 0.05) is 39.4 Å². The maximum Gasteiger partial charge on any atom is 0.0797 e. The van der Waals surface area contributed by atoms with Crippen LogP contribution in [0.2, 0.25) is 0 Å². The van der Waals surface area contributed by atoms with Crippen LogP contribution in [-0.2, 0) is 19.3 Å². The second-order valence-electron chi connectivity index (χ2n) is 10.7. The van der Waals surface area contributed by atoms with E-state index in [2.05, 4.69) is 91.1 Å². The molecule has 0 amide bonds. The summed E-state index contributed by atoms with van der Waals surface area (Å²) >= 11 is 0. The van der Waals surface area contributed by atoms with Gasteiger partial charge in [0.25, 0.3) is 0 Å². The molecule has 2 nitrogen and oxygen atoms in total. The lowest BCUT2D eigenvalue weighted by Gasteiger charge is -2.24. The van der Waals surface area contributed by atoms with Gasteiger partial charge in [-0.25, -0.2) is 4.98 Å². The zero-order valence-corrected chi connectivity index (χ0v) is 23.4. The summed E-state index contributed by atoms with van der Waals surface area (Å²) < 4.78 is 0. The van der Waals surface area contributed by atoms with E-state index in [4.69, 9.17) is 9.97 Å². The number of aromatic nitrogens is 2. The van der Waals surface area contributed by atoms with Crippen LogP contribution in [0.3, 0.4) is 0 Å². The third kappa shape index (κ3) is 4.02. The van der Waals surface area contributed by atoms with Crippen molar-refractivity contribution < 1.29 is 0 Å². The van der Waals surface area contributed by atoms with Gasteiger partial charge in [0.05, 0.1) is 11.2 Å². The van der Waals surface area contributed by atoms with Crippen molar-refractivity contribution in [2.75, 3.05) is 0 Å². The molecule has 5 aromatic rings. The van der Waals surface area contributed by atoms with E-state index in [1.54, 1.807) is 0 Å². The van der Waals surface area contributed by atoms with Crippen LogP contribution in [0.25, 0.3) is 62.3 Å². The fraction of sp³-hybridized carbons (Fsp3) is 0.211.